The molecule has 0 aromatic heterocycles. The molecular formula is C13H17NO5. The number of nitrogens with one attached hydrogen (secondary N) is 1. The molecule has 6 heteroatoms. The van der Waals surface area contributed by atoms with Crippen molar-refractivity contribution >= 4 is 11.9 Å². The molecule has 0 saturated heterocycles. The van der Waals surface area contributed by atoms with Crippen molar-refractivity contribution in [3.8, 4) is 11.5 Å². The van der Waals surface area contributed by atoms with Gasteiger partial charge in [0.25, 0.3) is 5.91 Å². The molecule has 1 aromatic carbocycles. The van der Waals surface area contributed by atoms with E-state index in [0.717, 1.165) is 0 Å². The molecule has 0 bridgehead atoms. The van der Waals surface area contributed by atoms with Crippen LogP contribution in [0, 0.1) is 0 Å². The molecule has 0 fully saturated rings. The molecular weight excluding hydrogens is 250 g/mol. The monoisotopic (exact) mass is 267 g/mol. The minimum absolute atomic E-state index is 0.134. The molecule has 1 N–H and O–H groups in total. The minimum Gasteiger partial charge on any atom is -0.493 e. The van der Waals surface area contributed by atoms with Gasteiger partial charge in [-0.3, -0.25) is 9.59 Å². The van der Waals surface area contributed by atoms with Crippen LogP contribution in [0.2, 0.25) is 0 Å². The van der Waals surface area contributed by atoms with Gasteiger partial charge in [-0.1, -0.05) is 0 Å². The van der Waals surface area contributed by atoms with E-state index in [1.54, 1.807) is 18.2 Å². The zero-order valence-corrected chi connectivity index (χ0v) is 11.2. The third-order valence-corrected chi connectivity index (χ3v) is 2.49. The maximum atomic E-state index is 11.8. The number of carbonyl (C=O) groups excluding carboxylic acids is 2. The first-order valence-electron chi connectivity index (χ1n) is 5.69. The highest BCUT2D eigenvalue weighted by atomic mass is 16.5. The number of hydrogen-bond donors (Lipinski definition) is 1. The number of amides is 1. The van der Waals surface area contributed by atoms with Crippen LogP contribution < -0.4 is 14.8 Å². The van der Waals surface area contributed by atoms with Gasteiger partial charge in [0, 0.05) is 12.1 Å². The SMILES string of the molecule is COC(=O)CCNC(=O)c1ccc(OC)c(OC)c1. The second-order valence-corrected chi connectivity index (χ2v) is 3.65. The van der Waals surface area contributed by atoms with Crippen molar-refractivity contribution in [3.63, 3.8) is 0 Å². The van der Waals surface area contributed by atoms with Crippen molar-refractivity contribution in [1.29, 1.82) is 0 Å². The van der Waals surface area contributed by atoms with Crippen LogP contribution in [0.3, 0.4) is 0 Å². The Morgan fingerprint density at radius 3 is 2.37 bits per heavy atom. The Kier molecular flexibility index (Phi) is 5.66. The average Bonchev–Trinajstić information content (AvgIpc) is 2.45. The Morgan fingerprint density at radius 2 is 1.79 bits per heavy atom. The molecule has 19 heavy (non-hydrogen) atoms. The van der Waals surface area contributed by atoms with Gasteiger partial charge in [0.2, 0.25) is 0 Å². The first-order chi connectivity index (χ1) is 9.12. The molecule has 6 nitrogen and oxygen atoms in total. The standard InChI is InChI=1S/C13H17NO5/c1-17-10-5-4-9(8-11(10)18-2)13(16)14-7-6-12(15)19-3/h4-5,8H,6-7H2,1-3H3,(H,14,16). The maximum absolute atomic E-state index is 11.8. The lowest BCUT2D eigenvalue weighted by atomic mass is 10.2. The summed E-state index contributed by atoms with van der Waals surface area (Å²) < 4.78 is 14.7. The zero-order valence-electron chi connectivity index (χ0n) is 11.2. The van der Waals surface area contributed by atoms with E-state index in [2.05, 4.69) is 10.1 Å². The number of benzene rings is 1. The lowest BCUT2D eigenvalue weighted by molar-refractivity contribution is -0.140. The van der Waals surface area contributed by atoms with Crippen LogP contribution in [0.5, 0.6) is 11.5 Å². The highest BCUT2D eigenvalue weighted by Gasteiger charge is 2.10. The lowest BCUT2D eigenvalue weighted by Crippen LogP contribution is -2.26. The number of esters is 1. The van der Waals surface area contributed by atoms with E-state index >= 15 is 0 Å². The van der Waals surface area contributed by atoms with Gasteiger partial charge in [0.05, 0.1) is 27.8 Å². The topological polar surface area (TPSA) is 73.9 Å². The van der Waals surface area contributed by atoms with Crippen LogP contribution in [0.15, 0.2) is 18.2 Å². The van der Waals surface area contributed by atoms with E-state index in [9.17, 15) is 9.59 Å². The van der Waals surface area contributed by atoms with Gasteiger partial charge in [-0.2, -0.15) is 0 Å². The predicted octanol–water partition coefficient (Wildman–Crippen LogP) is 0.997. The molecule has 0 atom stereocenters. The van der Waals surface area contributed by atoms with Crippen molar-refractivity contribution in [1.82, 2.24) is 5.32 Å². The average molecular weight is 267 g/mol. The quantitative estimate of drug-likeness (QED) is 0.778. The second-order valence-electron chi connectivity index (χ2n) is 3.65. The van der Waals surface area contributed by atoms with Gasteiger partial charge in [-0.25, -0.2) is 0 Å². The summed E-state index contributed by atoms with van der Waals surface area (Å²) in [6, 6.07) is 4.84. The van der Waals surface area contributed by atoms with E-state index in [1.165, 1.54) is 21.3 Å². The lowest BCUT2D eigenvalue weighted by Gasteiger charge is -2.09. The van der Waals surface area contributed by atoms with E-state index in [4.69, 9.17) is 9.47 Å². The summed E-state index contributed by atoms with van der Waals surface area (Å²) >= 11 is 0. The smallest absolute Gasteiger partial charge is 0.307 e. The number of ether oxygens (including phenoxy) is 3. The Morgan fingerprint density at radius 1 is 1.11 bits per heavy atom. The molecule has 1 aromatic rings. The van der Waals surface area contributed by atoms with Crippen molar-refractivity contribution in [3.05, 3.63) is 23.8 Å². The zero-order chi connectivity index (χ0) is 14.3. The fraction of sp³-hybridized carbons (Fsp3) is 0.385. The highest BCUT2D eigenvalue weighted by Crippen LogP contribution is 2.27. The molecule has 0 aliphatic carbocycles. The number of carbonyl (C=O) groups is 2. The van der Waals surface area contributed by atoms with Crippen molar-refractivity contribution < 1.29 is 23.8 Å². The van der Waals surface area contributed by atoms with Crippen molar-refractivity contribution in [2.45, 2.75) is 6.42 Å². The molecule has 0 spiro atoms. The largest absolute Gasteiger partial charge is 0.493 e. The fourth-order valence-corrected chi connectivity index (χ4v) is 1.46. The number of hydrogen-bond acceptors (Lipinski definition) is 5. The van der Waals surface area contributed by atoms with Crippen LogP contribution in [0.1, 0.15) is 16.8 Å². The second kappa shape index (κ2) is 7.25. The summed E-state index contributed by atoms with van der Waals surface area (Å²) in [5.41, 5.74) is 0.433. The van der Waals surface area contributed by atoms with E-state index < -0.39 is 0 Å². The molecule has 0 saturated carbocycles. The first-order valence-corrected chi connectivity index (χ1v) is 5.69. The van der Waals surface area contributed by atoms with Gasteiger partial charge in [-0.05, 0) is 18.2 Å². The Bertz CT molecular complexity index is 458. The van der Waals surface area contributed by atoms with Gasteiger partial charge >= 0.3 is 5.97 Å². The summed E-state index contributed by atoms with van der Waals surface area (Å²) in [5.74, 6) is 0.370. The van der Waals surface area contributed by atoms with Crippen LogP contribution in [0.25, 0.3) is 0 Å². The van der Waals surface area contributed by atoms with E-state index in [0.29, 0.717) is 17.1 Å². The molecule has 0 aliphatic heterocycles. The maximum Gasteiger partial charge on any atom is 0.307 e. The van der Waals surface area contributed by atoms with Gasteiger partial charge in [0.1, 0.15) is 0 Å². The molecule has 1 amide bonds. The summed E-state index contributed by atoms with van der Waals surface area (Å²) in [7, 11) is 4.32. The van der Waals surface area contributed by atoms with Crippen LogP contribution >= 0.6 is 0 Å². The Labute approximate surface area is 111 Å². The third-order valence-electron chi connectivity index (χ3n) is 2.49. The van der Waals surface area contributed by atoms with E-state index in [1.807, 2.05) is 0 Å². The first kappa shape index (κ1) is 14.8. The summed E-state index contributed by atoms with van der Waals surface area (Å²) in [6.45, 7) is 0.222. The minimum atomic E-state index is -0.368. The molecule has 104 valence electrons. The highest BCUT2D eigenvalue weighted by molar-refractivity contribution is 5.95. The Hall–Kier alpha value is -2.24. The van der Waals surface area contributed by atoms with Gasteiger partial charge < -0.3 is 19.5 Å². The Balaban J connectivity index is 2.64. The molecule has 0 heterocycles. The molecule has 0 radical (unpaired) electrons. The van der Waals surface area contributed by atoms with Gasteiger partial charge in [0.15, 0.2) is 11.5 Å². The summed E-state index contributed by atoms with van der Waals surface area (Å²) in [6.07, 6.45) is 0.134. The number of rotatable bonds is 6. The van der Waals surface area contributed by atoms with E-state index in [-0.39, 0.29) is 24.8 Å². The normalized spacial score (nSPS) is 9.63. The summed E-state index contributed by atoms with van der Waals surface area (Å²) in [5, 5.41) is 2.62. The third kappa shape index (κ3) is 4.17. The predicted molar refractivity (Wildman–Crippen MR) is 68.5 cm³/mol. The fourth-order valence-electron chi connectivity index (χ4n) is 1.46. The molecule has 1 rings (SSSR count). The van der Waals surface area contributed by atoms with Crippen LogP contribution in [-0.4, -0.2) is 39.8 Å². The van der Waals surface area contributed by atoms with Crippen molar-refractivity contribution in [2.24, 2.45) is 0 Å². The van der Waals surface area contributed by atoms with Crippen LogP contribution in [0.4, 0.5) is 0 Å². The van der Waals surface area contributed by atoms with Crippen molar-refractivity contribution in [2.75, 3.05) is 27.9 Å². The molecule has 0 unspecified atom stereocenters. The van der Waals surface area contributed by atoms with Gasteiger partial charge in [-0.15, -0.1) is 0 Å². The number of methoxy groups -OCH3 is 3. The van der Waals surface area contributed by atoms with Crippen LogP contribution in [-0.2, 0) is 9.53 Å². The summed E-state index contributed by atoms with van der Waals surface area (Å²) in [4.78, 5) is 22.7. The molecule has 0 aliphatic rings.